The van der Waals surface area contributed by atoms with E-state index in [1.54, 1.807) is 6.21 Å². The van der Waals surface area contributed by atoms with Gasteiger partial charge < -0.3 is 0 Å². The van der Waals surface area contributed by atoms with E-state index in [-0.39, 0.29) is 17.5 Å². The van der Waals surface area contributed by atoms with Crippen molar-refractivity contribution in [3.05, 3.63) is 35.4 Å². The Bertz CT molecular complexity index is 488. The summed E-state index contributed by atoms with van der Waals surface area (Å²) in [5.41, 5.74) is 2.23. The van der Waals surface area contributed by atoms with Crippen LogP contribution < -0.4 is 0 Å². The summed E-state index contributed by atoms with van der Waals surface area (Å²) in [6.45, 7) is 2.03. The number of aryl methyl sites for hydroxylation is 1. The van der Waals surface area contributed by atoms with Gasteiger partial charge in [0.25, 0.3) is 0 Å². The van der Waals surface area contributed by atoms with Gasteiger partial charge in [-0.25, -0.2) is 8.42 Å². The number of hydrogen-bond donors (Lipinski definition) is 0. The topological polar surface area (TPSA) is 46.5 Å². The monoisotopic (exact) mass is 237 g/mol. The van der Waals surface area contributed by atoms with Gasteiger partial charge >= 0.3 is 0 Å². The van der Waals surface area contributed by atoms with Crippen LogP contribution in [0.4, 0.5) is 0 Å². The van der Waals surface area contributed by atoms with Crippen LogP contribution in [0.1, 0.15) is 17.5 Å². The Kier molecular flexibility index (Phi) is 3.10. The molecule has 86 valence electrons. The molecule has 2 rings (SSSR count). The summed E-state index contributed by atoms with van der Waals surface area (Å²) in [6, 6.07) is 7.97. The van der Waals surface area contributed by atoms with Crippen LogP contribution in [0.15, 0.2) is 29.3 Å². The molecule has 1 atom stereocenters. The van der Waals surface area contributed by atoms with E-state index in [0.717, 1.165) is 5.56 Å². The highest BCUT2D eigenvalue weighted by Crippen LogP contribution is 2.14. The Morgan fingerprint density at radius 2 is 2.00 bits per heavy atom. The van der Waals surface area contributed by atoms with E-state index in [4.69, 9.17) is 0 Å². The number of rotatable bonds is 2. The SMILES string of the molecule is Cc1ccc(C=NC2CCS(=O)(=O)C2)cc1. The van der Waals surface area contributed by atoms with Crippen LogP contribution in [0.5, 0.6) is 0 Å². The van der Waals surface area contributed by atoms with Crippen LogP contribution in [0, 0.1) is 6.92 Å². The minimum atomic E-state index is -2.82. The van der Waals surface area contributed by atoms with Crippen molar-refractivity contribution in [2.24, 2.45) is 4.99 Å². The van der Waals surface area contributed by atoms with Crippen LogP contribution in [-0.2, 0) is 9.84 Å². The van der Waals surface area contributed by atoms with E-state index in [2.05, 4.69) is 4.99 Å². The third-order valence-corrected chi connectivity index (χ3v) is 4.47. The van der Waals surface area contributed by atoms with Crippen LogP contribution in [-0.4, -0.2) is 32.2 Å². The van der Waals surface area contributed by atoms with Crippen molar-refractivity contribution >= 4 is 16.1 Å². The summed E-state index contributed by atoms with van der Waals surface area (Å²) < 4.78 is 22.4. The second-order valence-electron chi connectivity index (χ2n) is 4.25. The number of nitrogens with zero attached hydrogens (tertiary/aromatic N) is 1. The zero-order chi connectivity index (χ0) is 11.6. The van der Waals surface area contributed by atoms with Crippen molar-refractivity contribution in [2.75, 3.05) is 11.5 Å². The van der Waals surface area contributed by atoms with Crippen LogP contribution >= 0.6 is 0 Å². The molecule has 0 radical (unpaired) electrons. The summed E-state index contributed by atoms with van der Waals surface area (Å²) in [6.07, 6.45) is 2.43. The molecule has 0 N–H and O–H groups in total. The maximum Gasteiger partial charge on any atom is 0.152 e. The molecule has 0 aromatic heterocycles. The van der Waals surface area contributed by atoms with Crippen LogP contribution in [0.25, 0.3) is 0 Å². The van der Waals surface area contributed by atoms with E-state index in [9.17, 15) is 8.42 Å². The molecule has 1 aromatic rings. The minimum Gasteiger partial charge on any atom is -0.288 e. The summed E-state index contributed by atoms with van der Waals surface area (Å²) in [5, 5.41) is 0. The summed E-state index contributed by atoms with van der Waals surface area (Å²) >= 11 is 0. The third-order valence-electron chi connectivity index (χ3n) is 2.72. The fraction of sp³-hybridized carbons (Fsp3) is 0.417. The van der Waals surface area contributed by atoms with Gasteiger partial charge in [0.2, 0.25) is 0 Å². The molecule has 1 aromatic carbocycles. The van der Waals surface area contributed by atoms with E-state index < -0.39 is 9.84 Å². The molecule has 1 saturated heterocycles. The molecule has 1 heterocycles. The van der Waals surface area contributed by atoms with Crippen molar-refractivity contribution in [2.45, 2.75) is 19.4 Å². The van der Waals surface area contributed by atoms with E-state index in [1.807, 2.05) is 31.2 Å². The van der Waals surface area contributed by atoms with Gasteiger partial charge in [-0.05, 0) is 18.9 Å². The predicted octanol–water partition coefficient (Wildman–Crippen LogP) is 1.60. The zero-order valence-corrected chi connectivity index (χ0v) is 10.1. The molecular formula is C12H15NO2S. The first kappa shape index (κ1) is 11.3. The number of benzene rings is 1. The molecule has 1 fully saturated rings. The van der Waals surface area contributed by atoms with E-state index in [1.165, 1.54) is 5.56 Å². The first-order chi connectivity index (χ1) is 7.55. The highest BCUT2D eigenvalue weighted by atomic mass is 32.2. The van der Waals surface area contributed by atoms with Crippen LogP contribution in [0.2, 0.25) is 0 Å². The van der Waals surface area contributed by atoms with E-state index in [0.29, 0.717) is 6.42 Å². The lowest BCUT2D eigenvalue weighted by Crippen LogP contribution is -2.07. The Labute approximate surface area is 96.1 Å². The van der Waals surface area contributed by atoms with Gasteiger partial charge in [0.15, 0.2) is 9.84 Å². The lowest BCUT2D eigenvalue weighted by atomic mass is 10.2. The van der Waals surface area contributed by atoms with Crippen LogP contribution in [0.3, 0.4) is 0 Å². The molecule has 16 heavy (non-hydrogen) atoms. The fourth-order valence-electron chi connectivity index (χ4n) is 1.74. The second kappa shape index (κ2) is 4.37. The summed E-state index contributed by atoms with van der Waals surface area (Å²) in [4.78, 5) is 4.31. The van der Waals surface area contributed by atoms with Crippen molar-refractivity contribution in [1.29, 1.82) is 0 Å². The normalized spacial score (nSPS) is 23.9. The number of aliphatic imine (C=N–C) groups is 1. The Morgan fingerprint density at radius 1 is 1.31 bits per heavy atom. The fourth-order valence-corrected chi connectivity index (χ4v) is 3.37. The minimum absolute atomic E-state index is 0.0497. The van der Waals surface area contributed by atoms with Crippen molar-refractivity contribution < 1.29 is 8.42 Å². The van der Waals surface area contributed by atoms with Crippen molar-refractivity contribution in [3.63, 3.8) is 0 Å². The molecule has 1 unspecified atom stereocenters. The molecule has 4 heteroatoms. The maximum absolute atomic E-state index is 11.2. The quantitative estimate of drug-likeness (QED) is 0.733. The van der Waals surface area contributed by atoms with Crippen molar-refractivity contribution in [1.82, 2.24) is 0 Å². The first-order valence-electron chi connectivity index (χ1n) is 5.35. The number of hydrogen-bond acceptors (Lipinski definition) is 3. The van der Waals surface area contributed by atoms with Crippen molar-refractivity contribution in [3.8, 4) is 0 Å². The molecular weight excluding hydrogens is 222 g/mol. The second-order valence-corrected chi connectivity index (χ2v) is 6.47. The molecule has 0 aliphatic carbocycles. The summed E-state index contributed by atoms with van der Waals surface area (Å²) in [7, 11) is -2.82. The Morgan fingerprint density at radius 3 is 2.56 bits per heavy atom. The smallest absolute Gasteiger partial charge is 0.152 e. The summed E-state index contributed by atoms with van der Waals surface area (Å²) in [5.74, 6) is 0.484. The Hall–Kier alpha value is -1.16. The van der Waals surface area contributed by atoms with Gasteiger partial charge in [-0.3, -0.25) is 4.99 Å². The van der Waals surface area contributed by atoms with Gasteiger partial charge in [-0.1, -0.05) is 29.8 Å². The lowest BCUT2D eigenvalue weighted by molar-refractivity contribution is 0.601. The largest absolute Gasteiger partial charge is 0.288 e. The average molecular weight is 237 g/mol. The Balaban J connectivity index is 2.03. The standard InChI is InChI=1S/C12H15NO2S/c1-10-2-4-11(5-3-10)8-13-12-6-7-16(14,15)9-12/h2-5,8,12H,6-7,9H2,1H3. The molecule has 1 aliphatic rings. The molecule has 3 nitrogen and oxygen atoms in total. The zero-order valence-electron chi connectivity index (χ0n) is 9.26. The van der Waals surface area contributed by atoms with Gasteiger partial charge in [-0.15, -0.1) is 0 Å². The molecule has 0 amide bonds. The van der Waals surface area contributed by atoms with Gasteiger partial charge in [0, 0.05) is 6.21 Å². The molecule has 0 bridgehead atoms. The third kappa shape index (κ3) is 2.92. The predicted molar refractivity (Wildman–Crippen MR) is 65.8 cm³/mol. The van der Waals surface area contributed by atoms with Gasteiger partial charge in [0.1, 0.15) is 0 Å². The molecule has 1 aliphatic heterocycles. The number of sulfone groups is 1. The molecule has 0 saturated carbocycles. The van der Waals surface area contributed by atoms with Gasteiger partial charge in [-0.2, -0.15) is 0 Å². The first-order valence-corrected chi connectivity index (χ1v) is 7.17. The highest BCUT2D eigenvalue weighted by Gasteiger charge is 2.26. The lowest BCUT2D eigenvalue weighted by Gasteiger charge is -1.99. The highest BCUT2D eigenvalue weighted by molar-refractivity contribution is 7.91. The maximum atomic E-state index is 11.2. The van der Waals surface area contributed by atoms with E-state index >= 15 is 0 Å². The van der Waals surface area contributed by atoms with Gasteiger partial charge in [0.05, 0.1) is 17.5 Å². The molecule has 0 spiro atoms. The average Bonchev–Trinajstić information content (AvgIpc) is 2.58.